The Bertz CT molecular complexity index is 2280. The summed E-state index contributed by atoms with van der Waals surface area (Å²) in [6.07, 6.45) is 65.9. The summed E-state index contributed by atoms with van der Waals surface area (Å²) in [5.74, 6) is -0.287. The van der Waals surface area contributed by atoms with Gasteiger partial charge in [-0.1, -0.05) is 336 Å². The van der Waals surface area contributed by atoms with Gasteiger partial charge >= 0.3 is 0 Å². The molecule has 3 aliphatic heterocycles. The zero-order valence-corrected chi connectivity index (χ0v) is 67.6. The molecule has 3 saturated heterocycles. The van der Waals surface area contributed by atoms with Gasteiger partial charge in [-0.25, -0.2) is 0 Å². The third kappa shape index (κ3) is 47.0. The average Bonchev–Trinajstić information content (AvgIpc) is 0.779. The topological polar surface area (TPSA) is 307 Å². The number of nitrogens with one attached hydrogen (secondary N) is 1. The fraction of sp³-hybridized carbons (Fsp3) is 0.831. The molecule has 0 aromatic carbocycles. The summed E-state index contributed by atoms with van der Waals surface area (Å²) in [5, 5.41) is 121. The molecule has 3 rings (SSSR count). The van der Waals surface area contributed by atoms with Crippen molar-refractivity contribution in [3.63, 3.8) is 0 Å². The van der Waals surface area contributed by atoms with Gasteiger partial charge < -0.3 is 89.9 Å². The first kappa shape index (κ1) is 99.2. The van der Waals surface area contributed by atoms with Crippen molar-refractivity contribution in [1.82, 2.24) is 5.32 Å². The number of hydrogen-bond acceptors (Lipinski definition) is 18. The van der Waals surface area contributed by atoms with Crippen LogP contribution in [0.25, 0.3) is 0 Å². The van der Waals surface area contributed by atoms with Crippen LogP contribution in [0.5, 0.6) is 0 Å². The molecule has 1 amide bonds. The minimum absolute atomic E-state index is 0.230. The number of carbonyl (C=O) groups is 1. The Morgan fingerprint density at radius 1 is 0.343 bits per heavy atom. The van der Waals surface area contributed by atoms with E-state index in [1.165, 1.54) is 238 Å². The van der Waals surface area contributed by atoms with Gasteiger partial charge in [0.05, 0.1) is 38.6 Å². The molecule has 3 fully saturated rings. The van der Waals surface area contributed by atoms with Crippen LogP contribution in [0.2, 0.25) is 0 Å². The van der Waals surface area contributed by atoms with Gasteiger partial charge in [0.1, 0.15) is 73.2 Å². The molecule has 0 radical (unpaired) electrons. The van der Waals surface area contributed by atoms with E-state index in [0.29, 0.717) is 12.8 Å². The first-order valence-electron chi connectivity index (χ1n) is 43.8. The van der Waals surface area contributed by atoms with Crippen molar-refractivity contribution in [3.05, 3.63) is 85.1 Å². The molecule has 0 aliphatic carbocycles. The predicted octanol–water partition coefficient (Wildman–Crippen LogP) is 16.1. The van der Waals surface area contributed by atoms with Crippen LogP contribution in [0.4, 0.5) is 0 Å². The normalized spacial score (nSPS) is 25.8. The average molecular weight is 1530 g/mol. The Morgan fingerprint density at radius 3 is 1.04 bits per heavy atom. The smallest absolute Gasteiger partial charge is 0.220 e. The van der Waals surface area contributed by atoms with Crippen molar-refractivity contribution < 1.29 is 89.4 Å². The van der Waals surface area contributed by atoms with E-state index in [0.717, 1.165) is 70.6 Å². The molecule has 19 heteroatoms. The molecule has 17 unspecified atom stereocenters. The molecular weight excluding hydrogens is 1370 g/mol. The quantitative estimate of drug-likeness (QED) is 0.0199. The van der Waals surface area contributed by atoms with Crippen LogP contribution in [-0.4, -0.2) is 193 Å². The van der Waals surface area contributed by atoms with Crippen LogP contribution in [-0.2, 0) is 33.2 Å². The van der Waals surface area contributed by atoms with Gasteiger partial charge in [0, 0.05) is 6.42 Å². The van der Waals surface area contributed by atoms with Crippen molar-refractivity contribution in [2.75, 3.05) is 26.4 Å². The fourth-order valence-electron chi connectivity index (χ4n) is 14.5. The molecule has 3 heterocycles. The number of amides is 1. The van der Waals surface area contributed by atoms with E-state index < -0.39 is 124 Å². The molecule has 0 aromatic heterocycles. The van der Waals surface area contributed by atoms with Crippen LogP contribution in [0.1, 0.15) is 341 Å². The molecule has 19 nitrogen and oxygen atoms in total. The molecular formula is C89H159NO18. The molecule has 17 atom stereocenters. The van der Waals surface area contributed by atoms with Crippen molar-refractivity contribution in [3.8, 4) is 0 Å². The maximum Gasteiger partial charge on any atom is 0.220 e. The monoisotopic (exact) mass is 1530 g/mol. The Morgan fingerprint density at radius 2 is 0.648 bits per heavy atom. The predicted molar refractivity (Wildman–Crippen MR) is 434 cm³/mol. The summed E-state index contributed by atoms with van der Waals surface area (Å²) < 4.78 is 34.5. The number of rotatable bonds is 70. The first-order chi connectivity index (χ1) is 52.8. The highest BCUT2D eigenvalue weighted by Gasteiger charge is 2.54. The highest BCUT2D eigenvalue weighted by atomic mass is 16.8. The zero-order valence-electron chi connectivity index (χ0n) is 67.6. The number of aliphatic hydroxyl groups excluding tert-OH is 11. The zero-order chi connectivity index (χ0) is 78.1. The van der Waals surface area contributed by atoms with E-state index in [9.17, 15) is 61.0 Å². The number of unbranched alkanes of at least 4 members (excludes halogenated alkanes) is 42. The number of ether oxygens (including phenoxy) is 6. The van der Waals surface area contributed by atoms with Crippen molar-refractivity contribution >= 4 is 5.91 Å². The van der Waals surface area contributed by atoms with E-state index in [4.69, 9.17) is 28.4 Å². The van der Waals surface area contributed by atoms with Gasteiger partial charge in [0.15, 0.2) is 18.9 Å². The second-order valence-corrected chi connectivity index (χ2v) is 31.0. The van der Waals surface area contributed by atoms with Crippen LogP contribution in [0, 0.1) is 0 Å². The van der Waals surface area contributed by atoms with Gasteiger partial charge in [-0.15, -0.1) is 0 Å². The lowest BCUT2D eigenvalue weighted by molar-refractivity contribution is -0.379. The second-order valence-electron chi connectivity index (χ2n) is 31.0. The summed E-state index contributed by atoms with van der Waals surface area (Å²) in [6, 6.07) is -1.00. The third-order valence-corrected chi connectivity index (χ3v) is 21.4. The highest BCUT2D eigenvalue weighted by molar-refractivity contribution is 5.76. The Kier molecular flexibility index (Phi) is 62.8. The van der Waals surface area contributed by atoms with E-state index >= 15 is 0 Å². The minimum atomic E-state index is -1.99. The number of aliphatic hydroxyl groups is 11. The fourth-order valence-corrected chi connectivity index (χ4v) is 14.5. The van der Waals surface area contributed by atoms with E-state index in [2.05, 4.69) is 92.1 Å². The maximum absolute atomic E-state index is 13.5. The second kappa shape index (κ2) is 68.4. The third-order valence-electron chi connectivity index (χ3n) is 21.4. The minimum Gasteiger partial charge on any atom is -0.394 e. The highest BCUT2D eigenvalue weighted by Crippen LogP contribution is 2.33. The SMILES string of the molecule is CC/C=C\C/C=C\C/C=C\C/C=C\CCCCCCCCCCCCCCCCCCCCC(=O)NC(COC1OC(CO)C(OC2OC(CO)C(OC3OC(CO)C(O)C(O)C3O)C(O)C2O)C(O)C1O)C(O)/C=C/CC/C=C/CC/C=C/CCCCCCCCCCCCCCCCCCCCCCCC. The van der Waals surface area contributed by atoms with Gasteiger partial charge in [0.2, 0.25) is 5.91 Å². The Labute approximate surface area is 654 Å². The van der Waals surface area contributed by atoms with E-state index in [1.54, 1.807) is 6.08 Å². The molecule has 0 spiro atoms. The standard InChI is InChI=1S/C89H159NO18/c1-3-5-7-9-11-13-15-17-19-21-23-25-27-29-31-33-35-37-38-40-42-44-46-48-50-52-54-56-58-60-62-64-66-73(94)72(90-77(95)67-65-63-61-59-57-55-53-51-49-47-45-43-41-39-36-34-32-30-28-26-24-22-20-18-16-14-12-10-8-6-4-2)71-103-87-83(101)80(98)85(75(69-92)105-87)108-89-84(102)81(99)86(76(70-93)106-89)107-88-82(100)79(97)78(96)74(68-91)104-88/h6,8,12,14,18,20,24,26,48,50,56,58,64,66,72-76,78-89,91-94,96-102H,3-5,7,9-11,13,15-17,19,21-23,25,27-47,49,51-55,57,59-63,65,67-71H2,1-2H3,(H,90,95)/b8-6-,14-12-,20-18-,26-24-,50-48+,58-56+,66-64+. The molecule has 12 N–H and O–H groups in total. The van der Waals surface area contributed by atoms with E-state index in [1.807, 2.05) is 6.08 Å². The summed E-state index contributed by atoms with van der Waals surface area (Å²) in [4.78, 5) is 13.5. The largest absolute Gasteiger partial charge is 0.394 e. The van der Waals surface area contributed by atoms with Gasteiger partial charge in [0.25, 0.3) is 0 Å². The summed E-state index contributed by atoms with van der Waals surface area (Å²) in [7, 11) is 0. The van der Waals surface area contributed by atoms with Crippen LogP contribution < -0.4 is 5.32 Å². The summed E-state index contributed by atoms with van der Waals surface area (Å²) in [6.45, 7) is 1.64. The molecule has 0 bridgehead atoms. The lowest BCUT2D eigenvalue weighted by Crippen LogP contribution is -2.66. The molecule has 0 aromatic rings. The molecule has 108 heavy (non-hydrogen) atoms. The lowest BCUT2D eigenvalue weighted by Gasteiger charge is -2.48. The van der Waals surface area contributed by atoms with Gasteiger partial charge in [-0.05, 0) is 83.5 Å². The maximum atomic E-state index is 13.5. The van der Waals surface area contributed by atoms with Crippen molar-refractivity contribution in [2.24, 2.45) is 0 Å². The lowest BCUT2D eigenvalue weighted by atomic mass is 9.96. The number of carbonyl (C=O) groups excluding carboxylic acids is 1. The van der Waals surface area contributed by atoms with Crippen LogP contribution >= 0.6 is 0 Å². The van der Waals surface area contributed by atoms with E-state index in [-0.39, 0.29) is 18.9 Å². The molecule has 0 saturated carbocycles. The number of allylic oxidation sites excluding steroid dienone is 13. The first-order valence-corrected chi connectivity index (χ1v) is 43.8. The van der Waals surface area contributed by atoms with Gasteiger partial charge in [-0.3, -0.25) is 4.79 Å². The summed E-state index contributed by atoms with van der Waals surface area (Å²) >= 11 is 0. The summed E-state index contributed by atoms with van der Waals surface area (Å²) in [5.41, 5.74) is 0. The Hall–Kier alpha value is -3.03. The van der Waals surface area contributed by atoms with Crippen LogP contribution in [0.3, 0.4) is 0 Å². The molecule has 3 aliphatic rings. The molecule has 628 valence electrons. The number of hydrogen-bond donors (Lipinski definition) is 12. The van der Waals surface area contributed by atoms with Crippen LogP contribution in [0.15, 0.2) is 85.1 Å². The van der Waals surface area contributed by atoms with Crippen molar-refractivity contribution in [2.45, 2.75) is 446 Å². The van der Waals surface area contributed by atoms with Gasteiger partial charge in [-0.2, -0.15) is 0 Å². The Balaban J connectivity index is 1.36. The van der Waals surface area contributed by atoms with Crippen molar-refractivity contribution in [1.29, 1.82) is 0 Å².